The molecular weight excluding hydrogens is 1280 g/mol. The Bertz CT molecular complexity index is 5100. The van der Waals surface area contributed by atoms with Gasteiger partial charge in [0.1, 0.15) is 35.2 Å². The summed E-state index contributed by atoms with van der Waals surface area (Å²) >= 11 is 0. The fraction of sp³-hybridized carbons (Fsp3) is 0.337. The number of pyridine rings is 5. The van der Waals surface area contributed by atoms with Crippen LogP contribution in [0.3, 0.4) is 0 Å². The third kappa shape index (κ3) is 15.7. The summed E-state index contributed by atoms with van der Waals surface area (Å²) in [6.45, 7) is 46.7. The molecule has 7 aromatic carbocycles. The highest BCUT2D eigenvalue weighted by Crippen LogP contribution is 2.39. The number of benzene rings is 7. The molecule has 0 bridgehead atoms. The molecule has 0 atom stereocenters. The maximum absolute atomic E-state index is 2.50. The topological polar surface area (TPSA) is 19.4 Å². The van der Waals surface area contributed by atoms with Crippen molar-refractivity contribution >= 4 is 0 Å². The monoisotopic (exact) mass is 1400 g/mol. The summed E-state index contributed by atoms with van der Waals surface area (Å²) in [6.07, 6.45) is 14.5. The number of hydrogen-bond acceptors (Lipinski definition) is 0. The van der Waals surface area contributed by atoms with E-state index in [0.29, 0.717) is 0 Å². The second kappa shape index (κ2) is 32.2. The molecule has 0 N–H and O–H groups in total. The molecule has 0 unspecified atom stereocenters. The Hall–Kier alpha value is -9.71. The zero-order chi connectivity index (χ0) is 76.6. The van der Waals surface area contributed by atoms with E-state index in [9.17, 15) is 0 Å². The first kappa shape index (κ1) is 77.4. The van der Waals surface area contributed by atoms with Crippen molar-refractivity contribution in [3.8, 4) is 90.1 Å². The van der Waals surface area contributed by atoms with Crippen LogP contribution in [0.2, 0.25) is 0 Å². The van der Waals surface area contributed by atoms with Gasteiger partial charge in [0.05, 0.1) is 11.1 Å². The first-order chi connectivity index (χ1) is 50.3. The van der Waals surface area contributed by atoms with Gasteiger partial charge < -0.3 is 0 Å². The lowest BCUT2D eigenvalue weighted by Crippen LogP contribution is -2.36. The lowest BCUT2D eigenvalue weighted by atomic mass is 9.85. The van der Waals surface area contributed by atoms with Crippen molar-refractivity contribution in [3.63, 3.8) is 0 Å². The second-order valence-corrected chi connectivity index (χ2v) is 32.0. The molecule has 0 aliphatic heterocycles. The molecule has 5 nitrogen and oxygen atoms in total. The van der Waals surface area contributed by atoms with Gasteiger partial charge in [-0.05, 0) is 380 Å². The Balaban J connectivity index is 0.000000142. The summed E-state index contributed by atoms with van der Waals surface area (Å²) in [5.74, 6) is 0. The van der Waals surface area contributed by atoms with Crippen LogP contribution in [0.4, 0.5) is 0 Å². The molecule has 0 fully saturated rings. The molecular formula is C101H120N5+5. The predicted octanol–water partition coefficient (Wildman–Crippen LogP) is 22.4. The van der Waals surface area contributed by atoms with Gasteiger partial charge in [0.2, 0.25) is 45.6 Å². The first-order valence-corrected chi connectivity index (χ1v) is 38.9. The minimum atomic E-state index is 1.23. The van der Waals surface area contributed by atoms with Crippen molar-refractivity contribution in [2.24, 2.45) is 35.2 Å². The third-order valence-electron chi connectivity index (χ3n) is 23.8. The Morgan fingerprint density at radius 3 is 0.774 bits per heavy atom. The van der Waals surface area contributed by atoms with Crippen molar-refractivity contribution in [2.75, 3.05) is 0 Å². The van der Waals surface area contributed by atoms with Crippen molar-refractivity contribution in [1.29, 1.82) is 0 Å². The fourth-order valence-corrected chi connectivity index (χ4v) is 17.7. The van der Waals surface area contributed by atoms with E-state index in [4.69, 9.17) is 0 Å². The maximum Gasteiger partial charge on any atom is 0.215 e. The van der Waals surface area contributed by atoms with E-state index in [1.54, 1.807) is 22.3 Å². The minimum absolute atomic E-state index is 1.23. The van der Waals surface area contributed by atoms with Gasteiger partial charge >= 0.3 is 0 Å². The summed E-state index contributed by atoms with van der Waals surface area (Å²) < 4.78 is 11.6. The number of fused-ring (bicyclic) bond motifs is 2. The SMILES string of the molecule is Cc1cc(C)c(-c2c(C)cc(C)c(-c3cc(C)c(C)cc3C)[n+]2C)cc1C.Cc1cc(C)c(-c2cccc(-c3cc(C)c(C)cc3C)[n+]2C)cc1C.Cc1cc(C)c(-c2cccc[n+]2C)c(C)c1-c1cccc[n+]1C.Cc1cc2c(cc1-c1c(C)cc(C)c(-c3cc4c(cc3C)CCCC4)[n+]1C)CCCC2. The van der Waals surface area contributed by atoms with Crippen LogP contribution in [-0.2, 0) is 60.9 Å². The largest absolute Gasteiger partial charge is 0.215 e. The van der Waals surface area contributed by atoms with Crippen LogP contribution in [0.25, 0.3) is 90.1 Å². The number of aryl methyl sites for hydroxylation is 26. The molecule has 0 saturated heterocycles. The molecule has 106 heavy (non-hydrogen) atoms. The molecule has 2 aliphatic rings. The van der Waals surface area contributed by atoms with E-state index in [2.05, 4.69) is 361 Å². The van der Waals surface area contributed by atoms with Crippen LogP contribution < -0.4 is 22.8 Å². The molecule has 5 heteroatoms. The molecule has 0 spiro atoms. The van der Waals surface area contributed by atoms with Gasteiger partial charge in [0, 0.05) is 92.0 Å². The standard InChI is InChI=1S/C30H36N.C26H32N.C24H28N.C21H24N2/c1-19-15-23-10-6-8-12-25(23)17-27(19)29-21(3)14-22(4)30(31(29)5)28-18-26-13-9-7-11-24(26)16-20(28)2;1-15-10-19(5)23(13-17(15)3)25-21(7)12-22(8)26(27(25)9)24-14-18(4)16(2)11-20(24)6;1-15-11-19(5)21(13-17(15)3)23-9-8-10-24(25(23)7)22-14-18(4)16(2)12-20(22)6;1-15-14-16(2)21(19-11-7-9-13-23(19)5)17(3)20(15)18-10-6-8-12-22(18)4/h14-18H,6-13H2,1-5H3;10-14H,1-9H3;8-14H,1-7H3;6-14H,1-5H3/q3*+1;+2. The van der Waals surface area contributed by atoms with E-state index in [1.807, 2.05) is 0 Å². The maximum atomic E-state index is 2.50. The van der Waals surface area contributed by atoms with Gasteiger partial charge in [0.25, 0.3) is 0 Å². The van der Waals surface area contributed by atoms with Crippen LogP contribution in [0.1, 0.15) is 165 Å². The molecule has 0 radical (unpaired) electrons. The van der Waals surface area contributed by atoms with Gasteiger partial charge in [-0.15, -0.1) is 0 Å². The molecule has 14 rings (SSSR count). The normalized spacial score (nSPS) is 12.3. The summed E-state index contributed by atoms with van der Waals surface area (Å²) in [4.78, 5) is 0. The van der Waals surface area contributed by atoms with Crippen LogP contribution in [0.15, 0.2) is 158 Å². The van der Waals surface area contributed by atoms with Crippen LogP contribution in [0.5, 0.6) is 0 Å². The van der Waals surface area contributed by atoms with E-state index in [0.717, 1.165) is 0 Å². The molecule has 0 saturated carbocycles. The quantitative estimate of drug-likeness (QED) is 0.135. The molecule has 5 heterocycles. The predicted molar refractivity (Wildman–Crippen MR) is 448 cm³/mol. The smallest absolute Gasteiger partial charge is 0.201 e. The van der Waals surface area contributed by atoms with Crippen molar-refractivity contribution in [2.45, 2.75) is 197 Å². The number of nitrogens with zero attached hydrogens (tertiary/aromatic N) is 5. The number of rotatable bonds is 8. The Labute approximate surface area is 638 Å². The lowest BCUT2D eigenvalue weighted by molar-refractivity contribution is -0.660. The lowest BCUT2D eigenvalue weighted by Gasteiger charge is -2.21. The van der Waals surface area contributed by atoms with Gasteiger partial charge in [0.15, 0.2) is 12.4 Å². The van der Waals surface area contributed by atoms with E-state index in [1.165, 1.54) is 258 Å². The van der Waals surface area contributed by atoms with Crippen LogP contribution >= 0.6 is 0 Å². The Morgan fingerprint density at radius 1 is 0.208 bits per heavy atom. The average Bonchev–Trinajstić information content (AvgIpc) is 0.772. The first-order valence-electron chi connectivity index (χ1n) is 38.9. The highest BCUT2D eigenvalue weighted by molar-refractivity contribution is 5.79. The van der Waals surface area contributed by atoms with Gasteiger partial charge in [-0.25, -0.2) is 9.13 Å². The zero-order valence-electron chi connectivity index (χ0n) is 69.4. The minimum Gasteiger partial charge on any atom is -0.201 e. The van der Waals surface area contributed by atoms with Crippen LogP contribution in [0, 0.1) is 145 Å². The molecule has 2 aliphatic carbocycles. The van der Waals surface area contributed by atoms with Gasteiger partial charge in [-0.2, -0.15) is 13.7 Å². The summed E-state index contributed by atoms with van der Waals surface area (Å²) in [5.41, 5.74) is 55.8. The summed E-state index contributed by atoms with van der Waals surface area (Å²) in [5, 5.41) is 0. The van der Waals surface area contributed by atoms with E-state index in [-0.39, 0.29) is 0 Å². The summed E-state index contributed by atoms with van der Waals surface area (Å²) in [7, 11) is 10.9. The van der Waals surface area contributed by atoms with E-state index < -0.39 is 0 Å². The molecule has 544 valence electrons. The average molecular weight is 1400 g/mol. The Kier molecular flexibility index (Phi) is 23.5. The number of aromatic nitrogens is 5. The summed E-state index contributed by atoms with van der Waals surface area (Å²) in [6, 6.07) is 54.9. The van der Waals surface area contributed by atoms with Gasteiger partial charge in [-0.1, -0.05) is 42.5 Å². The van der Waals surface area contributed by atoms with Gasteiger partial charge in [-0.3, -0.25) is 0 Å². The van der Waals surface area contributed by atoms with Crippen molar-refractivity contribution in [1.82, 2.24) is 0 Å². The van der Waals surface area contributed by atoms with Crippen molar-refractivity contribution < 1.29 is 22.8 Å². The molecule has 5 aromatic heterocycles. The molecule has 0 amide bonds. The van der Waals surface area contributed by atoms with Crippen LogP contribution in [-0.4, -0.2) is 0 Å². The van der Waals surface area contributed by atoms with E-state index >= 15 is 0 Å². The molecule has 12 aromatic rings. The highest BCUT2D eigenvalue weighted by atomic mass is 15.0. The fourth-order valence-electron chi connectivity index (χ4n) is 17.7. The Morgan fingerprint density at radius 2 is 0.453 bits per heavy atom. The highest BCUT2D eigenvalue weighted by Gasteiger charge is 2.30. The second-order valence-electron chi connectivity index (χ2n) is 32.0. The third-order valence-corrected chi connectivity index (χ3v) is 23.8. The van der Waals surface area contributed by atoms with Crippen molar-refractivity contribution in [3.05, 3.63) is 297 Å². The number of hydrogen-bond donors (Lipinski definition) is 0. The zero-order valence-corrected chi connectivity index (χ0v) is 69.4.